The van der Waals surface area contributed by atoms with Crippen LogP contribution in [0.2, 0.25) is 5.02 Å². The lowest BCUT2D eigenvalue weighted by Gasteiger charge is -2.31. The molecule has 1 aromatic carbocycles. The molecule has 2 heterocycles. The van der Waals surface area contributed by atoms with E-state index in [0.717, 1.165) is 5.57 Å². The molecule has 0 spiro atoms. The molecule has 0 saturated carbocycles. The third kappa shape index (κ3) is 3.74. The number of halogens is 1. The van der Waals surface area contributed by atoms with Crippen molar-refractivity contribution < 1.29 is 14.4 Å². The summed E-state index contributed by atoms with van der Waals surface area (Å²) in [6, 6.07) is 5.46. The minimum absolute atomic E-state index is 0.183. The minimum Gasteiger partial charge on any atom is -0.340 e. The SMILES string of the molecule is C=C(C)CN(C)C(=O)C(C)N1CC2=C(C1=O)C(c1ccccc1Cl)NC(=O)N2C. The zero-order chi connectivity index (χ0) is 21.5. The van der Waals surface area contributed by atoms with Gasteiger partial charge in [0.1, 0.15) is 6.04 Å². The molecule has 7 nitrogen and oxygen atoms in total. The van der Waals surface area contributed by atoms with Crippen LogP contribution in [0.25, 0.3) is 0 Å². The maximum atomic E-state index is 13.3. The number of likely N-dealkylation sites (N-methyl/N-ethyl adjacent to an activating group) is 2. The van der Waals surface area contributed by atoms with Gasteiger partial charge in [-0.25, -0.2) is 4.79 Å². The molecule has 154 valence electrons. The monoisotopic (exact) mass is 416 g/mol. The molecule has 1 N–H and O–H groups in total. The summed E-state index contributed by atoms with van der Waals surface area (Å²) in [5, 5.41) is 3.32. The third-order valence-corrected chi connectivity index (χ3v) is 5.66. The highest BCUT2D eigenvalue weighted by atomic mass is 35.5. The Morgan fingerprint density at radius 1 is 1.38 bits per heavy atom. The van der Waals surface area contributed by atoms with Crippen LogP contribution in [-0.4, -0.2) is 65.8 Å². The number of amides is 4. The molecule has 29 heavy (non-hydrogen) atoms. The van der Waals surface area contributed by atoms with Gasteiger partial charge in [0, 0.05) is 25.7 Å². The normalized spacial score (nSPS) is 19.8. The van der Waals surface area contributed by atoms with E-state index in [1.807, 2.05) is 13.0 Å². The molecule has 0 aromatic heterocycles. The van der Waals surface area contributed by atoms with E-state index in [4.69, 9.17) is 11.6 Å². The molecule has 4 amide bonds. The van der Waals surface area contributed by atoms with E-state index in [0.29, 0.717) is 28.4 Å². The number of nitrogens with one attached hydrogen (secondary N) is 1. The van der Waals surface area contributed by atoms with Gasteiger partial charge in [-0.2, -0.15) is 0 Å². The van der Waals surface area contributed by atoms with Gasteiger partial charge in [0.25, 0.3) is 5.91 Å². The van der Waals surface area contributed by atoms with Crippen molar-refractivity contribution in [2.75, 3.05) is 27.2 Å². The number of benzene rings is 1. The maximum absolute atomic E-state index is 13.3. The van der Waals surface area contributed by atoms with Gasteiger partial charge in [-0.15, -0.1) is 0 Å². The number of hydrogen-bond acceptors (Lipinski definition) is 3. The quantitative estimate of drug-likeness (QED) is 0.750. The fourth-order valence-corrected chi connectivity index (χ4v) is 4.02. The summed E-state index contributed by atoms with van der Waals surface area (Å²) in [6.07, 6.45) is 0. The molecule has 2 aliphatic rings. The van der Waals surface area contributed by atoms with Crippen molar-refractivity contribution in [1.82, 2.24) is 20.0 Å². The van der Waals surface area contributed by atoms with Crippen molar-refractivity contribution >= 4 is 29.4 Å². The lowest BCUT2D eigenvalue weighted by Crippen LogP contribution is -2.47. The molecule has 1 aromatic rings. The van der Waals surface area contributed by atoms with Crippen molar-refractivity contribution in [2.45, 2.75) is 25.9 Å². The third-order valence-electron chi connectivity index (χ3n) is 5.31. The first-order valence-electron chi connectivity index (χ1n) is 9.35. The predicted molar refractivity (Wildman–Crippen MR) is 111 cm³/mol. The average Bonchev–Trinajstić information content (AvgIpc) is 3.01. The second-order valence-electron chi connectivity index (χ2n) is 7.58. The molecule has 2 atom stereocenters. The molecular formula is C21H25ClN4O3. The molecule has 3 rings (SSSR count). The van der Waals surface area contributed by atoms with Crippen LogP contribution >= 0.6 is 11.6 Å². The lowest BCUT2D eigenvalue weighted by atomic mass is 9.95. The largest absolute Gasteiger partial charge is 0.340 e. The van der Waals surface area contributed by atoms with Gasteiger partial charge < -0.3 is 15.1 Å². The summed E-state index contributed by atoms with van der Waals surface area (Å²) >= 11 is 6.34. The van der Waals surface area contributed by atoms with Gasteiger partial charge in [0.15, 0.2) is 0 Å². The van der Waals surface area contributed by atoms with Gasteiger partial charge in [-0.1, -0.05) is 42.0 Å². The van der Waals surface area contributed by atoms with Crippen LogP contribution < -0.4 is 5.32 Å². The van der Waals surface area contributed by atoms with Gasteiger partial charge in [0.2, 0.25) is 5.91 Å². The van der Waals surface area contributed by atoms with Crippen LogP contribution in [0.15, 0.2) is 47.7 Å². The van der Waals surface area contributed by atoms with E-state index in [-0.39, 0.29) is 24.4 Å². The molecule has 2 aliphatic heterocycles. The molecule has 8 heteroatoms. The van der Waals surface area contributed by atoms with Crippen molar-refractivity contribution in [3.05, 3.63) is 58.3 Å². The highest BCUT2D eigenvalue weighted by molar-refractivity contribution is 6.31. The number of urea groups is 1. The van der Waals surface area contributed by atoms with Crippen molar-refractivity contribution in [2.24, 2.45) is 0 Å². The minimum atomic E-state index is -0.673. The number of nitrogens with zero attached hydrogens (tertiary/aromatic N) is 3. The first-order valence-corrected chi connectivity index (χ1v) is 9.73. The summed E-state index contributed by atoms with van der Waals surface area (Å²) in [5.41, 5.74) is 2.54. The average molecular weight is 417 g/mol. The van der Waals surface area contributed by atoms with E-state index in [1.54, 1.807) is 44.1 Å². The number of carbonyl (C=O) groups excluding carboxylic acids is 3. The maximum Gasteiger partial charge on any atom is 0.322 e. The van der Waals surface area contributed by atoms with E-state index >= 15 is 0 Å². The van der Waals surface area contributed by atoms with E-state index in [1.165, 1.54) is 9.80 Å². The van der Waals surface area contributed by atoms with Gasteiger partial charge in [-0.05, 0) is 25.5 Å². The number of carbonyl (C=O) groups is 3. The van der Waals surface area contributed by atoms with Gasteiger partial charge in [-0.3, -0.25) is 14.5 Å². The Morgan fingerprint density at radius 2 is 2.03 bits per heavy atom. The van der Waals surface area contributed by atoms with E-state index in [9.17, 15) is 14.4 Å². The summed E-state index contributed by atoms with van der Waals surface area (Å²) in [6.45, 7) is 7.98. The molecule has 0 fully saturated rings. The molecule has 0 aliphatic carbocycles. The van der Waals surface area contributed by atoms with Crippen molar-refractivity contribution in [3.8, 4) is 0 Å². The molecule has 0 radical (unpaired) electrons. The van der Waals surface area contributed by atoms with Crippen LogP contribution in [0.4, 0.5) is 4.79 Å². The van der Waals surface area contributed by atoms with Gasteiger partial charge in [0.05, 0.1) is 23.9 Å². The summed E-state index contributed by atoms with van der Waals surface area (Å²) in [5.74, 6) is -0.459. The Labute approximate surface area is 175 Å². The fourth-order valence-electron chi connectivity index (χ4n) is 3.78. The van der Waals surface area contributed by atoms with E-state index in [2.05, 4.69) is 11.9 Å². The zero-order valence-corrected chi connectivity index (χ0v) is 17.8. The Hall–Kier alpha value is -2.80. The van der Waals surface area contributed by atoms with Gasteiger partial charge >= 0.3 is 6.03 Å². The zero-order valence-electron chi connectivity index (χ0n) is 17.0. The Morgan fingerprint density at radius 3 is 2.66 bits per heavy atom. The molecule has 2 unspecified atom stereocenters. The van der Waals surface area contributed by atoms with E-state index < -0.39 is 12.1 Å². The highest BCUT2D eigenvalue weighted by Gasteiger charge is 2.45. The predicted octanol–water partition coefficient (Wildman–Crippen LogP) is 2.56. The molecule has 0 saturated heterocycles. The smallest absolute Gasteiger partial charge is 0.322 e. The molecular weight excluding hydrogens is 392 g/mol. The highest BCUT2D eigenvalue weighted by Crippen LogP contribution is 2.38. The summed E-state index contributed by atoms with van der Waals surface area (Å²) in [7, 11) is 3.30. The second kappa shape index (κ2) is 7.91. The first-order chi connectivity index (χ1) is 13.6. The van der Waals surface area contributed by atoms with Crippen LogP contribution in [-0.2, 0) is 9.59 Å². The number of rotatable bonds is 5. The number of hydrogen-bond donors (Lipinski definition) is 1. The fraction of sp³-hybridized carbons (Fsp3) is 0.381. The molecule has 0 bridgehead atoms. The summed E-state index contributed by atoms with van der Waals surface area (Å²) in [4.78, 5) is 43.1. The topological polar surface area (TPSA) is 73.0 Å². The first kappa shape index (κ1) is 20.9. The lowest BCUT2D eigenvalue weighted by molar-refractivity contribution is -0.141. The van der Waals surface area contributed by atoms with Crippen LogP contribution in [0.3, 0.4) is 0 Å². The van der Waals surface area contributed by atoms with Crippen molar-refractivity contribution in [3.63, 3.8) is 0 Å². The van der Waals surface area contributed by atoms with Crippen LogP contribution in [0, 0.1) is 0 Å². The second-order valence-corrected chi connectivity index (χ2v) is 7.99. The Bertz CT molecular complexity index is 926. The summed E-state index contributed by atoms with van der Waals surface area (Å²) < 4.78 is 0. The standard InChI is InChI=1S/C21H25ClN4O3/c1-12(2)10-24(4)19(27)13(3)26-11-16-17(20(26)28)18(23-21(29)25(16)5)14-8-6-7-9-15(14)22/h6-9,13,18H,1,10-11H2,2-5H3,(H,23,29). The Kier molecular flexibility index (Phi) is 5.71. The van der Waals surface area contributed by atoms with Crippen LogP contribution in [0.1, 0.15) is 25.5 Å². The Balaban J connectivity index is 1.93. The van der Waals surface area contributed by atoms with Crippen molar-refractivity contribution in [1.29, 1.82) is 0 Å². The van der Waals surface area contributed by atoms with Crippen LogP contribution in [0.5, 0.6) is 0 Å².